The summed E-state index contributed by atoms with van der Waals surface area (Å²) in [5.41, 5.74) is 4.53. The molecule has 1 aliphatic carbocycles. The van der Waals surface area contributed by atoms with Crippen LogP contribution in [0.15, 0.2) is 72.8 Å². The van der Waals surface area contributed by atoms with Gasteiger partial charge in [-0.3, -0.25) is 0 Å². The lowest BCUT2D eigenvalue weighted by Crippen LogP contribution is -2.44. The normalized spacial score (nSPS) is 19.2. The van der Waals surface area contributed by atoms with Crippen LogP contribution in [0.1, 0.15) is 73.9 Å². The quantitative estimate of drug-likeness (QED) is 0.254. The standard InChI is InChI=1S/C36H43ClN2O4/c1-36(2,3)43-35(42)39(33-23-32(33)29-12-10-27(11-13-29)28-14-16-31(37)17-15-28)24-26-18-21-38(22-19-26)20-4-5-25-6-8-30(9-7-25)34(40)41/h6-17,26,32-33H,4-5,18-24H2,1-3H3,(H,40,41). The van der Waals surface area contributed by atoms with E-state index in [0.29, 0.717) is 17.4 Å². The van der Waals surface area contributed by atoms with Gasteiger partial charge >= 0.3 is 12.1 Å². The summed E-state index contributed by atoms with van der Waals surface area (Å²) in [6, 6.07) is 24.0. The number of carboxylic acids is 1. The van der Waals surface area contributed by atoms with Crippen molar-refractivity contribution >= 4 is 23.7 Å². The molecule has 1 N–H and O–H groups in total. The first-order chi connectivity index (χ1) is 20.6. The van der Waals surface area contributed by atoms with Crippen molar-refractivity contribution in [3.63, 3.8) is 0 Å². The van der Waals surface area contributed by atoms with E-state index in [0.717, 1.165) is 74.4 Å². The van der Waals surface area contributed by atoms with Gasteiger partial charge in [0, 0.05) is 23.5 Å². The van der Waals surface area contributed by atoms with Crippen molar-refractivity contribution in [1.29, 1.82) is 0 Å². The molecule has 228 valence electrons. The van der Waals surface area contributed by atoms with Crippen LogP contribution in [0.2, 0.25) is 5.02 Å². The van der Waals surface area contributed by atoms with Crippen LogP contribution in [0.3, 0.4) is 0 Å². The van der Waals surface area contributed by atoms with E-state index in [1.165, 1.54) is 11.1 Å². The van der Waals surface area contributed by atoms with Crippen molar-refractivity contribution in [1.82, 2.24) is 9.80 Å². The van der Waals surface area contributed by atoms with Crippen molar-refractivity contribution in [3.05, 3.63) is 94.5 Å². The number of benzene rings is 3. The fourth-order valence-electron chi connectivity index (χ4n) is 6.11. The van der Waals surface area contributed by atoms with Crippen LogP contribution in [0, 0.1) is 5.92 Å². The molecule has 0 aromatic heterocycles. The number of carbonyl (C=O) groups is 2. The second kappa shape index (κ2) is 13.5. The topological polar surface area (TPSA) is 70.1 Å². The lowest BCUT2D eigenvalue weighted by atomic mass is 9.95. The molecule has 3 aromatic rings. The van der Waals surface area contributed by atoms with E-state index in [4.69, 9.17) is 21.4 Å². The molecule has 2 fully saturated rings. The molecule has 3 aromatic carbocycles. The van der Waals surface area contributed by atoms with Gasteiger partial charge in [-0.05, 0) is 125 Å². The van der Waals surface area contributed by atoms with Gasteiger partial charge in [-0.15, -0.1) is 0 Å². The number of likely N-dealkylation sites (tertiary alicyclic amines) is 1. The summed E-state index contributed by atoms with van der Waals surface area (Å²) in [4.78, 5) is 29.0. The molecule has 2 aliphatic rings. The number of halogens is 1. The Labute approximate surface area is 260 Å². The van der Waals surface area contributed by atoms with E-state index in [1.54, 1.807) is 12.1 Å². The van der Waals surface area contributed by atoms with E-state index in [9.17, 15) is 9.59 Å². The van der Waals surface area contributed by atoms with E-state index in [2.05, 4.69) is 29.2 Å². The third kappa shape index (κ3) is 8.61. The van der Waals surface area contributed by atoms with Gasteiger partial charge in [-0.2, -0.15) is 0 Å². The van der Waals surface area contributed by atoms with Gasteiger partial charge in [0.25, 0.3) is 0 Å². The molecule has 5 rings (SSSR count). The van der Waals surface area contributed by atoms with Crippen LogP contribution in [0.25, 0.3) is 11.1 Å². The number of amides is 1. The molecule has 1 aliphatic heterocycles. The minimum Gasteiger partial charge on any atom is -0.478 e. The zero-order valence-electron chi connectivity index (χ0n) is 25.5. The lowest BCUT2D eigenvalue weighted by molar-refractivity contribution is 0.0171. The molecule has 1 heterocycles. The summed E-state index contributed by atoms with van der Waals surface area (Å²) in [6.07, 6.45) is 4.89. The molecule has 1 amide bonds. The lowest BCUT2D eigenvalue weighted by Gasteiger charge is -2.36. The third-order valence-corrected chi connectivity index (χ3v) is 8.86. The third-order valence-electron chi connectivity index (χ3n) is 8.60. The minimum atomic E-state index is -0.888. The average Bonchev–Trinajstić information content (AvgIpc) is 3.77. The second-order valence-electron chi connectivity index (χ2n) is 13.1. The van der Waals surface area contributed by atoms with Crippen molar-refractivity contribution in [2.24, 2.45) is 5.92 Å². The Bertz CT molecular complexity index is 1370. The number of ether oxygens (including phenoxy) is 1. The Morgan fingerprint density at radius 1 is 0.930 bits per heavy atom. The Morgan fingerprint density at radius 2 is 1.53 bits per heavy atom. The number of aromatic carboxylic acids is 1. The van der Waals surface area contributed by atoms with Crippen LogP contribution in [-0.2, 0) is 11.2 Å². The summed E-state index contributed by atoms with van der Waals surface area (Å²) in [5.74, 6) is -0.0990. The van der Waals surface area contributed by atoms with E-state index in [-0.39, 0.29) is 12.1 Å². The number of carbonyl (C=O) groups excluding carboxylic acids is 1. The Kier molecular flexibility index (Phi) is 9.78. The number of nitrogens with zero attached hydrogens (tertiary/aromatic N) is 2. The molecule has 6 nitrogen and oxygen atoms in total. The largest absolute Gasteiger partial charge is 0.478 e. The van der Waals surface area contributed by atoms with Gasteiger partial charge < -0.3 is 19.6 Å². The molecule has 0 spiro atoms. The summed E-state index contributed by atoms with van der Waals surface area (Å²) in [7, 11) is 0. The van der Waals surface area contributed by atoms with Crippen LogP contribution in [0.5, 0.6) is 0 Å². The van der Waals surface area contributed by atoms with E-state index in [1.807, 2.05) is 62.1 Å². The Morgan fingerprint density at radius 3 is 2.12 bits per heavy atom. The summed E-state index contributed by atoms with van der Waals surface area (Å²) in [6.45, 7) is 9.63. The number of piperidine rings is 1. The molecular formula is C36H43ClN2O4. The first-order valence-electron chi connectivity index (χ1n) is 15.5. The molecule has 0 bridgehead atoms. The van der Waals surface area contributed by atoms with E-state index < -0.39 is 11.6 Å². The van der Waals surface area contributed by atoms with Crippen LogP contribution >= 0.6 is 11.6 Å². The van der Waals surface area contributed by atoms with Crippen LogP contribution in [-0.4, -0.2) is 64.8 Å². The van der Waals surface area contributed by atoms with E-state index >= 15 is 0 Å². The Balaban J connectivity index is 1.14. The summed E-state index contributed by atoms with van der Waals surface area (Å²) in [5, 5.41) is 9.82. The first kappa shape index (κ1) is 31.1. The SMILES string of the molecule is CC(C)(C)OC(=O)N(CC1CCN(CCCc2ccc(C(=O)O)cc2)CC1)C1CC1c1ccc(-c2ccc(Cl)cc2)cc1. The van der Waals surface area contributed by atoms with Crippen LogP contribution < -0.4 is 0 Å². The highest BCUT2D eigenvalue weighted by Crippen LogP contribution is 2.46. The monoisotopic (exact) mass is 602 g/mol. The van der Waals surface area contributed by atoms with Gasteiger partial charge in [-0.1, -0.05) is 60.1 Å². The zero-order chi connectivity index (χ0) is 30.6. The number of hydrogen-bond acceptors (Lipinski definition) is 4. The molecule has 43 heavy (non-hydrogen) atoms. The highest BCUT2D eigenvalue weighted by Gasteiger charge is 2.46. The molecule has 1 saturated heterocycles. The van der Waals surface area contributed by atoms with Gasteiger partial charge in [0.2, 0.25) is 0 Å². The molecule has 7 heteroatoms. The Hall–Kier alpha value is -3.35. The average molecular weight is 603 g/mol. The van der Waals surface area contributed by atoms with Crippen molar-refractivity contribution < 1.29 is 19.4 Å². The van der Waals surface area contributed by atoms with Crippen molar-refractivity contribution in [2.45, 2.75) is 70.4 Å². The molecule has 1 saturated carbocycles. The van der Waals surface area contributed by atoms with Crippen LogP contribution in [0.4, 0.5) is 4.79 Å². The van der Waals surface area contributed by atoms with Crippen molar-refractivity contribution in [3.8, 4) is 11.1 Å². The van der Waals surface area contributed by atoms with Crippen molar-refractivity contribution in [2.75, 3.05) is 26.2 Å². The minimum absolute atomic E-state index is 0.168. The first-order valence-corrected chi connectivity index (χ1v) is 15.8. The number of carboxylic acid groups (broad SMARTS) is 1. The molecule has 2 unspecified atom stereocenters. The second-order valence-corrected chi connectivity index (χ2v) is 13.5. The predicted molar refractivity (Wildman–Crippen MR) is 172 cm³/mol. The maximum Gasteiger partial charge on any atom is 0.410 e. The molecule has 0 radical (unpaired) electrons. The fraction of sp³-hybridized carbons (Fsp3) is 0.444. The molecular weight excluding hydrogens is 560 g/mol. The maximum atomic E-state index is 13.4. The summed E-state index contributed by atoms with van der Waals surface area (Å²) < 4.78 is 5.88. The smallest absolute Gasteiger partial charge is 0.410 e. The van der Waals surface area contributed by atoms with Gasteiger partial charge in [0.05, 0.1) is 5.56 Å². The highest BCUT2D eigenvalue weighted by atomic mass is 35.5. The number of aryl methyl sites for hydroxylation is 1. The molecule has 2 atom stereocenters. The van der Waals surface area contributed by atoms with Gasteiger partial charge in [0.1, 0.15) is 5.60 Å². The van der Waals surface area contributed by atoms with Gasteiger partial charge in [0.15, 0.2) is 0 Å². The maximum absolute atomic E-state index is 13.4. The van der Waals surface area contributed by atoms with Gasteiger partial charge in [-0.25, -0.2) is 9.59 Å². The number of hydrogen-bond donors (Lipinski definition) is 1. The highest BCUT2D eigenvalue weighted by molar-refractivity contribution is 6.30. The number of rotatable bonds is 10. The summed E-state index contributed by atoms with van der Waals surface area (Å²) >= 11 is 6.06. The fourth-order valence-corrected chi connectivity index (χ4v) is 6.23. The predicted octanol–water partition coefficient (Wildman–Crippen LogP) is 8.14. The zero-order valence-corrected chi connectivity index (χ0v) is 26.2.